The van der Waals surface area contributed by atoms with Gasteiger partial charge in [-0.3, -0.25) is 5.01 Å². The predicted octanol–water partition coefficient (Wildman–Crippen LogP) is 3.83. The van der Waals surface area contributed by atoms with Crippen molar-refractivity contribution in [2.75, 3.05) is 7.05 Å². The van der Waals surface area contributed by atoms with Crippen LogP contribution in [0.1, 0.15) is 30.0 Å². The van der Waals surface area contributed by atoms with Gasteiger partial charge in [0, 0.05) is 12.8 Å². The van der Waals surface area contributed by atoms with Gasteiger partial charge in [0.1, 0.15) is 0 Å². The highest BCUT2D eigenvalue weighted by molar-refractivity contribution is 5.91. The van der Waals surface area contributed by atoms with Crippen molar-refractivity contribution in [3.63, 3.8) is 0 Å². The van der Waals surface area contributed by atoms with Crippen LogP contribution in [-0.2, 0) is 0 Å². The van der Waals surface area contributed by atoms with E-state index < -0.39 is 0 Å². The molecule has 0 aliphatic carbocycles. The summed E-state index contributed by atoms with van der Waals surface area (Å²) in [5.41, 5.74) is 3.84. The number of hydrogen-bond acceptors (Lipinski definition) is 2. The largest absolute Gasteiger partial charge is 0.292 e. The van der Waals surface area contributed by atoms with Gasteiger partial charge in [-0.15, -0.1) is 0 Å². The molecule has 0 spiro atoms. The molecule has 96 valence electrons. The SMILES string of the molecule is CC1=NN(C)C(c2ccccc2)C1c1ccccc1. The Hall–Kier alpha value is -2.09. The van der Waals surface area contributed by atoms with Crippen LogP contribution in [0.4, 0.5) is 0 Å². The van der Waals surface area contributed by atoms with Crippen LogP contribution in [0.2, 0.25) is 0 Å². The van der Waals surface area contributed by atoms with Crippen molar-refractivity contribution in [2.45, 2.75) is 18.9 Å². The minimum atomic E-state index is 0.295. The van der Waals surface area contributed by atoms with Gasteiger partial charge >= 0.3 is 0 Å². The maximum atomic E-state index is 4.65. The molecule has 0 N–H and O–H groups in total. The molecule has 0 bridgehead atoms. The fourth-order valence-electron chi connectivity index (χ4n) is 2.96. The Balaban J connectivity index is 2.03. The van der Waals surface area contributed by atoms with Gasteiger partial charge in [0.25, 0.3) is 0 Å². The van der Waals surface area contributed by atoms with Crippen molar-refractivity contribution in [1.29, 1.82) is 0 Å². The number of hydrogen-bond donors (Lipinski definition) is 0. The molecule has 1 aliphatic heterocycles. The molecule has 0 fully saturated rings. The summed E-state index contributed by atoms with van der Waals surface area (Å²) in [5, 5.41) is 6.74. The van der Waals surface area contributed by atoms with Gasteiger partial charge in [-0.1, -0.05) is 60.7 Å². The van der Waals surface area contributed by atoms with E-state index in [0.717, 1.165) is 0 Å². The van der Waals surface area contributed by atoms with E-state index in [4.69, 9.17) is 0 Å². The first-order valence-corrected chi connectivity index (χ1v) is 6.65. The lowest BCUT2D eigenvalue weighted by Gasteiger charge is -2.26. The summed E-state index contributed by atoms with van der Waals surface area (Å²) in [5.74, 6) is 0.341. The first kappa shape index (κ1) is 12.0. The lowest BCUT2D eigenvalue weighted by molar-refractivity contribution is 0.274. The molecule has 2 aromatic carbocycles. The minimum absolute atomic E-state index is 0.295. The van der Waals surface area contributed by atoms with E-state index in [1.807, 2.05) is 0 Å². The van der Waals surface area contributed by atoms with Crippen LogP contribution in [0.3, 0.4) is 0 Å². The van der Waals surface area contributed by atoms with Crippen molar-refractivity contribution in [1.82, 2.24) is 5.01 Å². The van der Waals surface area contributed by atoms with E-state index in [1.165, 1.54) is 16.8 Å². The molecule has 2 heteroatoms. The van der Waals surface area contributed by atoms with Crippen LogP contribution in [0.5, 0.6) is 0 Å². The van der Waals surface area contributed by atoms with Gasteiger partial charge in [-0.2, -0.15) is 5.10 Å². The molecule has 0 aromatic heterocycles. The number of benzene rings is 2. The minimum Gasteiger partial charge on any atom is -0.292 e. The zero-order chi connectivity index (χ0) is 13.2. The highest BCUT2D eigenvalue weighted by atomic mass is 15.5. The smallest absolute Gasteiger partial charge is 0.0838 e. The first-order valence-electron chi connectivity index (χ1n) is 6.65. The zero-order valence-corrected chi connectivity index (χ0v) is 11.3. The molecule has 1 heterocycles. The van der Waals surface area contributed by atoms with Gasteiger partial charge in [-0.25, -0.2) is 0 Å². The Morgan fingerprint density at radius 2 is 1.37 bits per heavy atom. The summed E-state index contributed by atoms with van der Waals surface area (Å²) in [6.07, 6.45) is 0. The summed E-state index contributed by atoms with van der Waals surface area (Å²) in [7, 11) is 2.06. The fraction of sp³-hybridized carbons (Fsp3) is 0.235. The van der Waals surface area contributed by atoms with E-state index in [-0.39, 0.29) is 0 Å². The third kappa shape index (κ3) is 2.14. The summed E-state index contributed by atoms with van der Waals surface area (Å²) in [6.45, 7) is 2.12. The molecule has 0 saturated heterocycles. The molecule has 0 saturated carbocycles. The average molecular weight is 250 g/mol. The molecule has 2 atom stereocenters. The maximum absolute atomic E-state index is 4.65. The molecule has 2 unspecified atom stereocenters. The second kappa shape index (κ2) is 4.88. The lowest BCUT2D eigenvalue weighted by Crippen LogP contribution is -2.21. The van der Waals surface area contributed by atoms with Crippen molar-refractivity contribution in [3.05, 3.63) is 71.8 Å². The van der Waals surface area contributed by atoms with E-state index in [9.17, 15) is 0 Å². The molecule has 19 heavy (non-hydrogen) atoms. The molecule has 2 aromatic rings. The molecule has 3 rings (SSSR count). The van der Waals surface area contributed by atoms with Crippen LogP contribution in [0.15, 0.2) is 65.8 Å². The van der Waals surface area contributed by atoms with E-state index >= 15 is 0 Å². The predicted molar refractivity (Wildman–Crippen MR) is 79.2 cm³/mol. The number of nitrogens with zero attached hydrogens (tertiary/aromatic N) is 2. The summed E-state index contributed by atoms with van der Waals surface area (Å²) >= 11 is 0. The standard InChI is InChI=1S/C17H18N2/c1-13-16(14-9-5-3-6-10-14)17(19(2)18-13)15-11-7-4-8-12-15/h3-12,16-17H,1-2H3. The highest BCUT2D eigenvalue weighted by Gasteiger charge is 2.35. The van der Waals surface area contributed by atoms with Crippen LogP contribution in [0.25, 0.3) is 0 Å². The summed E-state index contributed by atoms with van der Waals surface area (Å²) < 4.78 is 0. The Labute approximate surface area is 114 Å². The second-order valence-electron chi connectivity index (χ2n) is 5.06. The first-order chi connectivity index (χ1) is 9.27. The second-order valence-corrected chi connectivity index (χ2v) is 5.06. The van der Waals surface area contributed by atoms with E-state index in [0.29, 0.717) is 12.0 Å². The molecule has 0 amide bonds. The Bertz CT molecular complexity index is 575. The van der Waals surface area contributed by atoms with Gasteiger partial charge < -0.3 is 0 Å². The Kier molecular flexibility index (Phi) is 3.08. The molecular formula is C17H18N2. The Morgan fingerprint density at radius 3 is 1.95 bits per heavy atom. The average Bonchev–Trinajstić information content (AvgIpc) is 2.75. The van der Waals surface area contributed by atoms with Gasteiger partial charge in [0.2, 0.25) is 0 Å². The van der Waals surface area contributed by atoms with Crippen LogP contribution < -0.4 is 0 Å². The maximum Gasteiger partial charge on any atom is 0.0838 e. The van der Waals surface area contributed by atoms with Gasteiger partial charge in [0.05, 0.1) is 12.0 Å². The van der Waals surface area contributed by atoms with Crippen molar-refractivity contribution < 1.29 is 0 Å². The van der Waals surface area contributed by atoms with Crippen LogP contribution in [0, 0.1) is 0 Å². The van der Waals surface area contributed by atoms with Crippen molar-refractivity contribution in [3.8, 4) is 0 Å². The van der Waals surface area contributed by atoms with Crippen LogP contribution in [-0.4, -0.2) is 17.8 Å². The highest BCUT2D eigenvalue weighted by Crippen LogP contribution is 2.40. The zero-order valence-electron chi connectivity index (χ0n) is 11.3. The quantitative estimate of drug-likeness (QED) is 0.791. The van der Waals surface area contributed by atoms with E-state index in [1.54, 1.807) is 0 Å². The molecule has 1 aliphatic rings. The van der Waals surface area contributed by atoms with Gasteiger partial charge in [-0.05, 0) is 18.1 Å². The number of hydrazone groups is 1. The van der Waals surface area contributed by atoms with Crippen molar-refractivity contribution in [2.24, 2.45) is 5.10 Å². The topological polar surface area (TPSA) is 15.6 Å². The third-order valence-electron chi connectivity index (χ3n) is 3.78. The lowest BCUT2D eigenvalue weighted by atomic mass is 9.85. The van der Waals surface area contributed by atoms with E-state index in [2.05, 4.69) is 84.7 Å². The van der Waals surface area contributed by atoms with Crippen LogP contribution >= 0.6 is 0 Å². The fourth-order valence-corrected chi connectivity index (χ4v) is 2.96. The molecular weight excluding hydrogens is 232 g/mol. The summed E-state index contributed by atoms with van der Waals surface area (Å²) in [4.78, 5) is 0. The number of likely N-dealkylation sites (N-methyl/N-ethyl adjacent to an activating group) is 1. The summed E-state index contributed by atoms with van der Waals surface area (Å²) in [6, 6.07) is 21.6. The molecule has 2 nitrogen and oxygen atoms in total. The van der Waals surface area contributed by atoms with Crippen molar-refractivity contribution >= 4 is 5.71 Å². The van der Waals surface area contributed by atoms with Gasteiger partial charge in [0.15, 0.2) is 0 Å². The monoisotopic (exact) mass is 250 g/mol. The third-order valence-corrected chi connectivity index (χ3v) is 3.78. The number of rotatable bonds is 2. The molecule has 0 radical (unpaired) electrons. The Morgan fingerprint density at radius 1 is 0.842 bits per heavy atom. The normalized spacial score (nSPS) is 22.4.